The maximum atomic E-state index is 14.0. The Kier molecular flexibility index (Phi) is 4.20. The highest BCUT2D eigenvalue weighted by Gasteiger charge is 2.31. The first-order chi connectivity index (χ1) is 12.6. The molecule has 7 heteroatoms. The highest BCUT2D eigenvalue weighted by Crippen LogP contribution is 2.31. The summed E-state index contributed by atoms with van der Waals surface area (Å²) >= 11 is 0. The lowest BCUT2D eigenvalue weighted by Crippen LogP contribution is -2.28. The maximum absolute atomic E-state index is 14.0. The van der Waals surface area contributed by atoms with Gasteiger partial charge in [0.2, 0.25) is 0 Å². The molecule has 1 saturated heterocycles. The van der Waals surface area contributed by atoms with Crippen LogP contribution >= 0.6 is 0 Å². The predicted octanol–water partition coefficient (Wildman–Crippen LogP) is 3.18. The monoisotopic (exact) mass is 354 g/mol. The summed E-state index contributed by atoms with van der Waals surface area (Å²) in [6, 6.07) is 10.9. The van der Waals surface area contributed by atoms with Gasteiger partial charge in [0, 0.05) is 35.8 Å². The van der Waals surface area contributed by atoms with Crippen molar-refractivity contribution in [2.75, 3.05) is 13.1 Å². The zero-order chi connectivity index (χ0) is 18.1. The van der Waals surface area contributed by atoms with Crippen molar-refractivity contribution in [1.29, 1.82) is 0 Å². The Labute approximate surface area is 148 Å². The van der Waals surface area contributed by atoms with Gasteiger partial charge in [0.1, 0.15) is 24.3 Å². The van der Waals surface area contributed by atoms with Gasteiger partial charge in [-0.1, -0.05) is 6.07 Å². The molecule has 26 heavy (non-hydrogen) atoms. The summed E-state index contributed by atoms with van der Waals surface area (Å²) in [6.45, 7) is 0.786. The van der Waals surface area contributed by atoms with Gasteiger partial charge in [-0.3, -0.25) is 9.36 Å². The Hall–Kier alpha value is -3.09. The average Bonchev–Trinajstić information content (AvgIpc) is 3.33. The lowest BCUT2D eigenvalue weighted by Gasteiger charge is -2.17. The SMILES string of the molecule is O=C(c1ccc(-n2cnnc2)cc1)N1CCC(c2c(F)cccc2F)C1. The topological polar surface area (TPSA) is 51.0 Å². The van der Waals surface area contributed by atoms with Crippen LogP contribution in [0.3, 0.4) is 0 Å². The number of carbonyl (C=O) groups is 1. The Balaban J connectivity index is 1.49. The van der Waals surface area contributed by atoms with Crippen LogP contribution in [-0.2, 0) is 0 Å². The van der Waals surface area contributed by atoms with Gasteiger partial charge in [-0.25, -0.2) is 8.78 Å². The highest BCUT2D eigenvalue weighted by molar-refractivity contribution is 5.94. The van der Waals surface area contributed by atoms with Crippen LogP contribution in [0.5, 0.6) is 0 Å². The molecule has 2 aromatic carbocycles. The van der Waals surface area contributed by atoms with E-state index >= 15 is 0 Å². The third kappa shape index (κ3) is 2.96. The fourth-order valence-corrected chi connectivity index (χ4v) is 3.37. The first-order valence-corrected chi connectivity index (χ1v) is 8.32. The summed E-state index contributed by atoms with van der Waals surface area (Å²) in [5.41, 5.74) is 1.46. The standard InChI is InChI=1S/C19H16F2N4O/c20-16-2-1-3-17(21)18(16)14-8-9-24(10-14)19(26)13-4-6-15(7-5-13)25-11-22-23-12-25/h1-7,11-12,14H,8-10H2. The van der Waals surface area contributed by atoms with E-state index in [1.54, 1.807) is 46.4 Å². The fraction of sp³-hybridized carbons (Fsp3) is 0.211. The molecule has 0 saturated carbocycles. The second-order valence-corrected chi connectivity index (χ2v) is 6.29. The summed E-state index contributed by atoms with van der Waals surface area (Å²) in [6.07, 6.45) is 3.69. The zero-order valence-corrected chi connectivity index (χ0v) is 13.8. The molecule has 0 aliphatic carbocycles. The van der Waals surface area contributed by atoms with E-state index in [0.29, 0.717) is 25.1 Å². The van der Waals surface area contributed by atoms with Crippen LogP contribution in [0.1, 0.15) is 28.3 Å². The van der Waals surface area contributed by atoms with Crippen LogP contribution in [0.15, 0.2) is 55.1 Å². The van der Waals surface area contributed by atoms with Gasteiger partial charge in [0.15, 0.2) is 0 Å². The number of nitrogens with zero attached hydrogens (tertiary/aromatic N) is 4. The van der Waals surface area contributed by atoms with Crippen LogP contribution in [0, 0.1) is 11.6 Å². The van der Waals surface area contributed by atoms with Gasteiger partial charge in [0.05, 0.1) is 0 Å². The molecular formula is C19H16F2N4O. The molecule has 132 valence electrons. The van der Waals surface area contributed by atoms with E-state index in [9.17, 15) is 13.6 Å². The fourth-order valence-electron chi connectivity index (χ4n) is 3.37. The van der Waals surface area contributed by atoms with Crippen molar-refractivity contribution >= 4 is 5.91 Å². The molecule has 0 N–H and O–H groups in total. The van der Waals surface area contributed by atoms with Crippen molar-refractivity contribution in [3.8, 4) is 5.69 Å². The molecule has 1 aliphatic heterocycles. The Bertz CT molecular complexity index is 905. The summed E-state index contributed by atoms with van der Waals surface area (Å²) in [4.78, 5) is 14.3. The van der Waals surface area contributed by atoms with Crippen LogP contribution in [0.25, 0.3) is 5.69 Å². The van der Waals surface area contributed by atoms with Crippen molar-refractivity contribution in [3.63, 3.8) is 0 Å². The van der Waals surface area contributed by atoms with E-state index in [0.717, 1.165) is 5.69 Å². The van der Waals surface area contributed by atoms with E-state index in [1.165, 1.54) is 18.2 Å². The average molecular weight is 354 g/mol. The molecule has 0 radical (unpaired) electrons. The molecule has 1 unspecified atom stereocenters. The minimum atomic E-state index is -0.553. The Morgan fingerprint density at radius 1 is 1.00 bits per heavy atom. The van der Waals surface area contributed by atoms with Crippen molar-refractivity contribution in [2.45, 2.75) is 12.3 Å². The molecule has 1 amide bonds. The first kappa shape index (κ1) is 16.4. The van der Waals surface area contributed by atoms with Gasteiger partial charge < -0.3 is 4.90 Å². The second-order valence-electron chi connectivity index (χ2n) is 6.29. The first-order valence-electron chi connectivity index (χ1n) is 8.32. The van der Waals surface area contributed by atoms with E-state index in [4.69, 9.17) is 0 Å². The molecule has 0 bridgehead atoms. The number of likely N-dealkylation sites (tertiary alicyclic amines) is 1. The van der Waals surface area contributed by atoms with E-state index in [2.05, 4.69) is 10.2 Å². The smallest absolute Gasteiger partial charge is 0.253 e. The Morgan fingerprint density at radius 3 is 2.31 bits per heavy atom. The molecule has 0 spiro atoms. The molecule has 4 rings (SSSR count). The number of hydrogen-bond donors (Lipinski definition) is 0. The van der Waals surface area contributed by atoms with Gasteiger partial charge in [-0.15, -0.1) is 10.2 Å². The third-order valence-electron chi connectivity index (χ3n) is 4.71. The van der Waals surface area contributed by atoms with E-state index in [1.807, 2.05) is 0 Å². The van der Waals surface area contributed by atoms with Gasteiger partial charge in [0.25, 0.3) is 5.91 Å². The van der Waals surface area contributed by atoms with Crippen molar-refractivity contribution in [3.05, 3.63) is 77.9 Å². The number of benzene rings is 2. The highest BCUT2D eigenvalue weighted by atomic mass is 19.1. The third-order valence-corrected chi connectivity index (χ3v) is 4.71. The van der Waals surface area contributed by atoms with Gasteiger partial charge in [-0.05, 0) is 42.8 Å². The molecule has 1 fully saturated rings. The number of carbonyl (C=O) groups excluding carboxylic acids is 1. The maximum Gasteiger partial charge on any atom is 0.253 e. The Morgan fingerprint density at radius 2 is 1.65 bits per heavy atom. The van der Waals surface area contributed by atoms with Crippen molar-refractivity contribution < 1.29 is 13.6 Å². The minimum Gasteiger partial charge on any atom is -0.338 e. The lowest BCUT2D eigenvalue weighted by atomic mass is 9.97. The van der Waals surface area contributed by atoms with Crippen LogP contribution in [0.2, 0.25) is 0 Å². The van der Waals surface area contributed by atoms with Crippen LogP contribution < -0.4 is 0 Å². The molecular weight excluding hydrogens is 338 g/mol. The quantitative estimate of drug-likeness (QED) is 0.726. The molecule has 2 heterocycles. The van der Waals surface area contributed by atoms with Gasteiger partial charge in [-0.2, -0.15) is 0 Å². The summed E-state index contributed by atoms with van der Waals surface area (Å²) in [5.74, 6) is -1.57. The van der Waals surface area contributed by atoms with E-state index in [-0.39, 0.29) is 17.4 Å². The van der Waals surface area contributed by atoms with Crippen molar-refractivity contribution in [1.82, 2.24) is 19.7 Å². The predicted molar refractivity (Wildman–Crippen MR) is 91.0 cm³/mol. The molecule has 5 nitrogen and oxygen atoms in total. The summed E-state index contributed by atoms with van der Waals surface area (Å²) in [7, 11) is 0. The molecule has 3 aromatic rings. The second kappa shape index (κ2) is 6.67. The number of rotatable bonds is 3. The van der Waals surface area contributed by atoms with Crippen LogP contribution in [-0.4, -0.2) is 38.7 Å². The lowest BCUT2D eigenvalue weighted by molar-refractivity contribution is 0.0790. The number of hydrogen-bond acceptors (Lipinski definition) is 3. The number of amides is 1. The molecule has 1 aliphatic rings. The molecule has 1 atom stereocenters. The number of halogens is 2. The largest absolute Gasteiger partial charge is 0.338 e. The zero-order valence-electron chi connectivity index (χ0n) is 13.8. The van der Waals surface area contributed by atoms with Gasteiger partial charge >= 0.3 is 0 Å². The van der Waals surface area contributed by atoms with E-state index < -0.39 is 11.6 Å². The summed E-state index contributed by atoms with van der Waals surface area (Å²) in [5, 5.41) is 7.49. The summed E-state index contributed by atoms with van der Waals surface area (Å²) < 4.78 is 29.7. The molecule has 1 aromatic heterocycles. The normalized spacial score (nSPS) is 16.8. The van der Waals surface area contributed by atoms with Crippen LogP contribution in [0.4, 0.5) is 8.78 Å². The minimum absolute atomic E-state index is 0.0748. The number of aromatic nitrogens is 3. The van der Waals surface area contributed by atoms with Crippen molar-refractivity contribution in [2.24, 2.45) is 0 Å².